The molecule has 2 aliphatic heterocycles. The first-order valence-electron chi connectivity index (χ1n) is 9.76. The lowest BCUT2D eigenvalue weighted by Crippen LogP contribution is -2.39. The topological polar surface area (TPSA) is 84.2 Å². The van der Waals surface area contributed by atoms with Crippen molar-refractivity contribution in [2.75, 3.05) is 18.3 Å². The highest BCUT2D eigenvalue weighted by Gasteiger charge is 2.46. The van der Waals surface area contributed by atoms with Crippen molar-refractivity contribution in [1.82, 2.24) is 19.9 Å². The van der Waals surface area contributed by atoms with Crippen molar-refractivity contribution in [3.8, 4) is 5.75 Å². The lowest BCUT2D eigenvalue weighted by molar-refractivity contribution is 0.102. The summed E-state index contributed by atoms with van der Waals surface area (Å²) < 4.78 is 21.9. The molecule has 1 aromatic carbocycles. The van der Waals surface area contributed by atoms with E-state index in [-0.39, 0.29) is 17.4 Å². The number of fused-ring (bicyclic) bond motifs is 5. The molecule has 0 amide bonds. The van der Waals surface area contributed by atoms with Crippen molar-refractivity contribution in [1.29, 1.82) is 0 Å². The van der Waals surface area contributed by atoms with Crippen molar-refractivity contribution < 1.29 is 19.1 Å². The molecule has 1 aliphatic carbocycles. The largest absolute Gasteiger partial charge is 0.491 e. The molecule has 1 unspecified atom stereocenters. The molecule has 3 aliphatic rings. The number of anilines is 1. The third-order valence-electron chi connectivity index (χ3n) is 5.94. The van der Waals surface area contributed by atoms with Gasteiger partial charge in [-0.2, -0.15) is 5.10 Å². The van der Waals surface area contributed by atoms with Crippen LogP contribution in [0.15, 0.2) is 36.7 Å². The summed E-state index contributed by atoms with van der Waals surface area (Å²) in [5.41, 5.74) is 1.55. The van der Waals surface area contributed by atoms with Gasteiger partial charge in [-0.25, -0.2) is 19.0 Å². The Labute approximate surface area is 165 Å². The second kappa shape index (κ2) is 6.12. The van der Waals surface area contributed by atoms with Crippen molar-refractivity contribution in [3.63, 3.8) is 0 Å². The highest BCUT2D eigenvalue weighted by Crippen LogP contribution is 2.42. The molecule has 6 rings (SSSR count). The van der Waals surface area contributed by atoms with Crippen molar-refractivity contribution in [2.45, 2.75) is 37.1 Å². The van der Waals surface area contributed by atoms with Gasteiger partial charge in [0.25, 0.3) is 0 Å². The zero-order valence-corrected chi connectivity index (χ0v) is 15.6. The summed E-state index contributed by atoms with van der Waals surface area (Å²) in [5.74, 6) is 0.877. The maximum Gasteiger partial charge on any atom is 0.164 e. The fourth-order valence-corrected chi connectivity index (χ4v) is 4.15. The van der Waals surface area contributed by atoms with Crippen LogP contribution in [0.2, 0.25) is 0 Å². The predicted octanol–water partition coefficient (Wildman–Crippen LogP) is 2.26. The Hall–Kier alpha value is -2.75. The van der Waals surface area contributed by atoms with Gasteiger partial charge in [0, 0.05) is 24.2 Å². The number of hydrogen-bond acceptors (Lipinski definition) is 7. The van der Waals surface area contributed by atoms with Crippen LogP contribution in [0.3, 0.4) is 0 Å². The highest BCUT2D eigenvalue weighted by atomic mass is 19.1. The smallest absolute Gasteiger partial charge is 0.164 e. The normalized spacial score (nSPS) is 25.1. The van der Waals surface area contributed by atoms with Gasteiger partial charge in [-0.05, 0) is 31.0 Å². The molecule has 2 bridgehead atoms. The number of aliphatic hydroxyl groups excluding tert-OH is 1. The Morgan fingerprint density at radius 1 is 1.24 bits per heavy atom. The number of hydroxylamine groups is 1. The molecule has 9 heteroatoms. The van der Waals surface area contributed by atoms with Crippen LogP contribution in [0.25, 0.3) is 5.65 Å². The number of nitrogens with one attached hydrogen (secondary N) is 1. The minimum absolute atomic E-state index is 0.226. The summed E-state index contributed by atoms with van der Waals surface area (Å²) in [7, 11) is 0. The minimum atomic E-state index is -0.926. The van der Waals surface area contributed by atoms with E-state index >= 15 is 0 Å². The molecule has 8 nitrogen and oxygen atoms in total. The number of rotatable bonds is 0. The Kier molecular flexibility index (Phi) is 3.62. The number of halogens is 1. The Morgan fingerprint density at radius 2 is 2.14 bits per heavy atom. The summed E-state index contributed by atoms with van der Waals surface area (Å²) in [6, 6.07) is 6.14. The van der Waals surface area contributed by atoms with Crippen LogP contribution >= 0.6 is 0 Å². The van der Waals surface area contributed by atoms with Gasteiger partial charge in [0.15, 0.2) is 11.5 Å². The third kappa shape index (κ3) is 2.77. The summed E-state index contributed by atoms with van der Waals surface area (Å²) in [6.45, 7) is 0.874. The Balaban J connectivity index is 1.53. The molecule has 1 spiro atoms. The number of nitrogens with zero attached hydrogens (tertiary/aromatic N) is 4. The number of ether oxygens (including phenoxy) is 1. The van der Waals surface area contributed by atoms with Crippen molar-refractivity contribution in [2.24, 2.45) is 0 Å². The average molecular weight is 397 g/mol. The summed E-state index contributed by atoms with van der Waals surface area (Å²) in [6.07, 6.45) is 4.93. The lowest BCUT2D eigenvalue weighted by atomic mass is 10.0. The molecule has 2 N–H and O–H groups in total. The second-order valence-electron chi connectivity index (χ2n) is 7.92. The standard InChI is InChI=1S/C20H20FN5O3/c21-12-1-2-16-13(9-12)15-4-8-29-26(15)17-3-7-25-18(23-17)14(10-22-25)19(27)24-20(5-6-20)11-28-16/h1-3,7,9-10,15,19,24,27H,4-6,8,11H2/t15-,19?/m1/s1. The molecule has 150 valence electrons. The molecule has 1 saturated heterocycles. The average Bonchev–Trinajstić information content (AvgIpc) is 3.14. The fourth-order valence-electron chi connectivity index (χ4n) is 4.15. The predicted molar refractivity (Wildman–Crippen MR) is 101 cm³/mol. The third-order valence-corrected chi connectivity index (χ3v) is 5.94. The Bertz CT molecular complexity index is 1100. The fraction of sp³-hybridized carbons (Fsp3) is 0.400. The van der Waals surface area contributed by atoms with Crippen LogP contribution in [0.5, 0.6) is 5.75 Å². The van der Waals surface area contributed by atoms with E-state index in [1.807, 2.05) is 0 Å². The number of aromatic nitrogens is 3. The van der Waals surface area contributed by atoms with E-state index in [2.05, 4.69) is 10.4 Å². The van der Waals surface area contributed by atoms with Gasteiger partial charge in [-0.15, -0.1) is 0 Å². The van der Waals surface area contributed by atoms with Gasteiger partial charge in [-0.3, -0.25) is 10.2 Å². The molecule has 2 atom stereocenters. The maximum absolute atomic E-state index is 14.1. The molecule has 2 aromatic heterocycles. The monoisotopic (exact) mass is 397 g/mol. The summed E-state index contributed by atoms with van der Waals surface area (Å²) in [4.78, 5) is 10.6. The van der Waals surface area contributed by atoms with Gasteiger partial charge >= 0.3 is 0 Å². The SMILES string of the molecule is OC1NC2(CC2)COc2ccc(F)cc2[C@H]2CCON2c2ccn3ncc1c3n2. The summed E-state index contributed by atoms with van der Waals surface area (Å²) >= 11 is 0. The van der Waals surface area contributed by atoms with Crippen LogP contribution in [0.1, 0.15) is 42.7 Å². The van der Waals surface area contributed by atoms with Crippen LogP contribution in [0.4, 0.5) is 10.2 Å². The molecular formula is C20H20FN5O3. The van der Waals surface area contributed by atoms with Gasteiger partial charge in [0.2, 0.25) is 0 Å². The quantitative estimate of drug-likeness (QED) is 0.602. The van der Waals surface area contributed by atoms with E-state index in [1.54, 1.807) is 34.1 Å². The van der Waals surface area contributed by atoms with Crippen LogP contribution < -0.4 is 15.1 Å². The molecule has 1 saturated carbocycles. The summed E-state index contributed by atoms with van der Waals surface area (Å²) in [5, 5.41) is 20.1. The molecule has 0 radical (unpaired) electrons. The number of hydrogen-bond donors (Lipinski definition) is 2. The molecular weight excluding hydrogens is 377 g/mol. The molecule has 4 heterocycles. The second-order valence-corrected chi connectivity index (χ2v) is 7.92. The van der Waals surface area contributed by atoms with E-state index in [9.17, 15) is 9.50 Å². The molecule has 29 heavy (non-hydrogen) atoms. The van der Waals surface area contributed by atoms with Gasteiger partial charge in [0.1, 0.15) is 24.4 Å². The van der Waals surface area contributed by atoms with Gasteiger partial charge in [-0.1, -0.05) is 0 Å². The van der Waals surface area contributed by atoms with Gasteiger partial charge < -0.3 is 9.84 Å². The first-order chi connectivity index (χ1) is 14.1. The zero-order chi connectivity index (χ0) is 19.6. The molecule has 3 aromatic rings. The molecule has 2 fully saturated rings. The van der Waals surface area contributed by atoms with Gasteiger partial charge in [0.05, 0.1) is 29.9 Å². The van der Waals surface area contributed by atoms with Crippen molar-refractivity contribution >= 4 is 11.5 Å². The Morgan fingerprint density at radius 3 is 3.00 bits per heavy atom. The zero-order valence-electron chi connectivity index (χ0n) is 15.6. The number of benzene rings is 1. The van der Waals surface area contributed by atoms with E-state index in [1.165, 1.54) is 12.1 Å². The minimum Gasteiger partial charge on any atom is -0.491 e. The van der Waals surface area contributed by atoms with E-state index in [4.69, 9.17) is 14.6 Å². The van der Waals surface area contributed by atoms with E-state index in [0.29, 0.717) is 42.4 Å². The van der Waals surface area contributed by atoms with E-state index in [0.717, 1.165) is 18.4 Å². The first-order valence-corrected chi connectivity index (χ1v) is 9.76. The maximum atomic E-state index is 14.1. The van der Waals surface area contributed by atoms with Crippen molar-refractivity contribution in [3.05, 3.63) is 53.6 Å². The first kappa shape index (κ1) is 17.1. The number of aliphatic hydroxyl groups is 1. The van der Waals surface area contributed by atoms with Crippen LogP contribution in [-0.4, -0.2) is 38.5 Å². The highest BCUT2D eigenvalue weighted by molar-refractivity contribution is 5.54. The van der Waals surface area contributed by atoms with Crippen LogP contribution in [0, 0.1) is 5.82 Å². The van der Waals surface area contributed by atoms with E-state index < -0.39 is 6.23 Å². The van der Waals surface area contributed by atoms with Crippen LogP contribution in [-0.2, 0) is 4.84 Å². The lowest BCUT2D eigenvalue weighted by Gasteiger charge is -2.26.